The lowest BCUT2D eigenvalue weighted by molar-refractivity contribution is -0.117. The molecule has 2 aromatic rings. The quantitative estimate of drug-likeness (QED) is 0.866. The number of aromatic nitrogens is 4. The summed E-state index contributed by atoms with van der Waals surface area (Å²) in [5.74, 6) is 0.125. The van der Waals surface area contributed by atoms with Gasteiger partial charge in [0.15, 0.2) is 5.65 Å². The second kappa shape index (κ2) is 5.85. The molecule has 7 nitrogen and oxygen atoms in total. The molecule has 2 rings (SSSR count). The highest BCUT2D eigenvalue weighted by atomic mass is 35.5. The molecule has 0 unspecified atom stereocenters. The number of carbonyl (C=O) groups excluding carboxylic acids is 1. The topological polar surface area (TPSA) is 81.8 Å². The van der Waals surface area contributed by atoms with Crippen LogP contribution in [0.25, 0.3) is 11.0 Å². The van der Waals surface area contributed by atoms with E-state index in [9.17, 15) is 9.59 Å². The second-order valence-corrected chi connectivity index (χ2v) is 6.09. The molecule has 1 N–H and O–H groups in total. The first-order valence-electron chi connectivity index (χ1n) is 6.66. The van der Waals surface area contributed by atoms with Crippen molar-refractivity contribution in [3.05, 3.63) is 22.9 Å². The number of alkyl halides is 1. The van der Waals surface area contributed by atoms with E-state index in [2.05, 4.69) is 15.5 Å². The summed E-state index contributed by atoms with van der Waals surface area (Å²) < 4.78 is 2.76. The molecule has 21 heavy (non-hydrogen) atoms. The SMILES string of the molecule is CC(C)(C)n1ncc2c(=O)n(NC(=O)CCCCl)cnc21. The zero-order valence-electron chi connectivity index (χ0n) is 12.3. The van der Waals surface area contributed by atoms with Crippen molar-refractivity contribution in [3.8, 4) is 0 Å². The standard InChI is InChI=1S/C13H18ClN5O2/c1-13(2,3)19-11-9(7-16-19)12(21)18(8-15-11)17-10(20)5-4-6-14/h7-8H,4-6H2,1-3H3,(H,17,20). The van der Waals surface area contributed by atoms with E-state index in [1.165, 1.54) is 12.5 Å². The largest absolute Gasteiger partial charge is 0.283 e. The summed E-state index contributed by atoms with van der Waals surface area (Å²) in [6.07, 6.45) is 3.58. The number of carbonyl (C=O) groups is 1. The van der Waals surface area contributed by atoms with Gasteiger partial charge in [-0.05, 0) is 27.2 Å². The van der Waals surface area contributed by atoms with Gasteiger partial charge < -0.3 is 0 Å². The highest BCUT2D eigenvalue weighted by Gasteiger charge is 2.19. The lowest BCUT2D eigenvalue weighted by Gasteiger charge is -2.19. The Balaban J connectivity index is 2.35. The maximum Gasteiger partial charge on any atom is 0.283 e. The zero-order chi connectivity index (χ0) is 15.6. The Labute approximate surface area is 126 Å². The fraction of sp³-hybridized carbons (Fsp3) is 0.538. The number of hydrogen-bond acceptors (Lipinski definition) is 4. The third kappa shape index (κ3) is 3.24. The third-order valence-electron chi connectivity index (χ3n) is 2.91. The number of rotatable bonds is 4. The van der Waals surface area contributed by atoms with Gasteiger partial charge in [0.1, 0.15) is 11.7 Å². The van der Waals surface area contributed by atoms with Crippen LogP contribution in [-0.4, -0.2) is 31.2 Å². The first-order valence-corrected chi connectivity index (χ1v) is 7.19. The predicted octanol–water partition coefficient (Wildman–Crippen LogP) is 1.44. The van der Waals surface area contributed by atoms with Gasteiger partial charge in [0, 0.05) is 12.3 Å². The van der Waals surface area contributed by atoms with Crippen LogP contribution in [0.2, 0.25) is 0 Å². The van der Waals surface area contributed by atoms with Crippen molar-refractivity contribution in [1.29, 1.82) is 0 Å². The summed E-state index contributed by atoms with van der Waals surface area (Å²) in [6.45, 7) is 5.92. The average Bonchev–Trinajstić information content (AvgIpc) is 2.84. The van der Waals surface area contributed by atoms with Crippen LogP contribution >= 0.6 is 11.6 Å². The fourth-order valence-corrected chi connectivity index (χ4v) is 2.03. The van der Waals surface area contributed by atoms with Gasteiger partial charge in [-0.15, -0.1) is 11.6 Å². The van der Waals surface area contributed by atoms with Crippen molar-refractivity contribution in [2.75, 3.05) is 11.3 Å². The summed E-state index contributed by atoms with van der Waals surface area (Å²) in [5, 5.41) is 4.57. The Morgan fingerprint density at radius 2 is 2.14 bits per heavy atom. The van der Waals surface area contributed by atoms with Gasteiger partial charge in [-0.2, -0.15) is 5.10 Å². The minimum atomic E-state index is -0.352. The van der Waals surface area contributed by atoms with Crippen LogP contribution in [0, 0.1) is 0 Å². The first kappa shape index (κ1) is 15.5. The van der Waals surface area contributed by atoms with Gasteiger partial charge in [-0.1, -0.05) is 0 Å². The smallest absolute Gasteiger partial charge is 0.273 e. The van der Waals surface area contributed by atoms with Crippen molar-refractivity contribution < 1.29 is 4.79 Å². The molecule has 0 aliphatic carbocycles. The minimum absolute atomic E-state index is 0.259. The average molecular weight is 312 g/mol. The lowest BCUT2D eigenvalue weighted by Crippen LogP contribution is -2.33. The third-order valence-corrected chi connectivity index (χ3v) is 3.17. The van der Waals surface area contributed by atoms with Gasteiger partial charge in [-0.3, -0.25) is 15.0 Å². The number of nitrogens with zero attached hydrogens (tertiary/aromatic N) is 4. The van der Waals surface area contributed by atoms with E-state index in [4.69, 9.17) is 11.6 Å². The highest BCUT2D eigenvalue weighted by Crippen LogP contribution is 2.17. The fourth-order valence-electron chi connectivity index (χ4n) is 1.90. The first-order chi connectivity index (χ1) is 9.84. The molecule has 0 aliphatic rings. The molecule has 0 fully saturated rings. The number of fused-ring (bicyclic) bond motifs is 1. The summed E-state index contributed by atoms with van der Waals surface area (Å²) in [4.78, 5) is 28.2. The molecule has 1 amide bonds. The van der Waals surface area contributed by atoms with E-state index in [1.54, 1.807) is 4.68 Å². The molecule has 0 saturated carbocycles. The number of amides is 1. The van der Waals surface area contributed by atoms with Gasteiger partial charge in [-0.25, -0.2) is 14.3 Å². The van der Waals surface area contributed by atoms with Crippen molar-refractivity contribution >= 4 is 28.5 Å². The Morgan fingerprint density at radius 3 is 2.76 bits per heavy atom. The van der Waals surface area contributed by atoms with Crippen LogP contribution in [0.1, 0.15) is 33.6 Å². The van der Waals surface area contributed by atoms with Gasteiger partial charge >= 0.3 is 0 Å². The molecule has 0 bridgehead atoms. The van der Waals surface area contributed by atoms with Crippen LogP contribution < -0.4 is 11.0 Å². The summed E-state index contributed by atoms with van der Waals surface area (Å²) >= 11 is 5.53. The summed E-state index contributed by atoms with van der Waals surface area (Å²) in [6, 6.07) is 0. The molecule has 0 aliphatic heterocycles. The van der Waals surface area contributed by atoms with E-state index >= 15 is 0 Å². The predicted molar refractivity (Wildman–Crippen MR) is 81.1 cm³/mol. The number of nitrogens with one attached hydrogen (secondary N) is 1. The van der Waals surface area contributed by atoms with Crippen molar-refractivity contribution in [3.63, 3.8) is 0 Å². The van der Waals surface area contributed by atoms with Gasteiger partial charge in [0.2, 0.25) is 5.91 Å². The highest BCUT2D eigenvalue weighted by molar-refractivity contribution is 6.17. The molecular weight excluding hydrogens is 294 g/mol. The number of hydrogen-bond donors (Lipinski definition) is 1. The van der Waals surface area contributed by atoms with Crippen LogP contribution in [0.5, 0.6) is 0 Å². The second-order valence-electron chi connectivity index (χ2n) is 5.71. The van der Waals surface area contributed by atoms with Crippen LogP contribution in [0.15, 0.2) is 17.3 Å². The molecule has 2 heterocycles. The summed E-state index contributed by atoms with van der Waals surface area (Å²) in [5.41, 5.74) is 2.36. The van der Waals surface area contributed by atoms with E-state index in [-0.39, 0.29) is 23.4 Å². The molecule has 8 heteroatoms. The Hall–Kier alpha value is -1.89. The molecule has 114 valence electrons. The van der Waals surface area contributed by atoms with Crippen molar-refractivity contribution in [1.82, 2.24) is 19.4 Å². The zero-order valence-corrected chi connectivity index (χ0v) is 13.0. The Kier molecular flexibility index (Phi) is 4.32. The van der Waals surface area contributed by atoms with E-state index in [0.29, 0.717) is 23.3 Å². The maximum absolute atomic E-state index is 12.3. The molecule has 0 atom stereocenters. The summed E-state index contributed by atoms with van der Waals surface area (Å²) in [7, 11) is 0. The Morgan fingerprint density at radius 1 is 1.43 bits per heavy atom. The molecular formula is C13H18ClN5O2. The Bertz CT molecular complexity index is 713. The normalized spacial score (nSPS) is 11.8. The van der Waals surface area contributed by atoms with Crippen molar-refractivity contribution in [2.24, 2.45) is 0 Å². The van der Waals surface area contributed by atoms with Crippen LogP contribution in [0.3, 0.4) is 0 Å². The van der Waals surface area contributed by atoms with Gasteiger partial charge in [0.05, 0.1) is 11.7 Å². The maximum atomic E-state index is 12.3. The molecule has 0 aromatic carbocycles. The van der Waals surface area contributed by atoms with Gasteiger partial charge in [0.25, 0.3) is 5.56 Å². The molecule has 0 saturated heterocycles. The molecule has 2 aromatic heterocycles. The molecule has 0 radical (unpaired) electrons. The van der Waals surface area contributed by atoms with Crippen LogP contribution in [-0.2, 0) is 10.3 Å². The van der Waals surface area contributed by atoms with E-state index in [1.807, 2.05) is 20.8 Å². The van der Waals surface area contributed by atoms with Crippen molar-refractivity contribution in [2.45, 2.75) is 39.2 Å². The van der Waals surface area contributed by atoms with E-state index < -0.39 is 0 Å². The van der Waals surface area contributed by atoms with Crippen LogP contribution in [0.4, 0.5) is 0 Å². The number of halogens is 1. The van der Waals surface area contributed by atoms with E-state index in [0.717, 1.165) is 4.68 Å². The minimum Gasteiger partial charge on any atom is -0.273 e. The molecule has 0 spiro atoms. The lowest BCUT2D eigenvalue weighted by atomic mass is 10.1. The monoisotopic (exact) mass is 311 g/mol.